The smallest absolute Gasteiger partial charge is 0.258 e. The average Bonchev–Trinajstić information content (AvgIpc) is 3.17. The SMILES string of the molecule is CCN1CCc2nc(NC(=O)c3csc4c3CCCC4)sc2C1. The van der Waals surface area contributed by atoms with Crippen molar-refractivity contribution in [3.63, 3.8) is 0 Å². The van der Waals surface area contributed by atoms with Gasteiger partial charge in [-0.2, -0.15) is 0 Å². The summed E-state index contributed by atoms with van der Waals surface area (Å²) in [6, 6.07) is 0. The van der Waals surface area contributed by atoms with Crippen molar-refractivity contribution in [3.05, 3.63) is 32.0 Å². The Kier molecular flexibility index (Phi) is 4.22. The number of nitrogens with zero attached hydrogens (tertiary/aromatic N) is 2. The summed E-state index contributed by atoms with van der Waals surface area (Å²) in [6.07, 6.45) is 5.61. The number of rotatable bonds is 3. The fraction of sp³-hybridized carbons (Fsp3) is 0.529. The number of anilines is 1. The highest BCUT2D eigenvalue weighted by molar-refractivity contribution is 7.16. The first-order valence-corrected chi connectivity index (χ1v) is 10.1. The van der Waals surface area contributed by atoms with Crippen LogP contribution in [0.5, 0.6) is 0 Å². The van der Waals surface area contributed by atoms with Gasteiger partial charge < -0.3 is 0 Å². The van der Waals surface area contributed by atoms with Gasteiger partial charge >= 0.3 is 0 Å². The van der Waals surface area contributed by atoms with Crippen LogP contribution < -0.4 is 5.32 Å². The minimum absolute atomic E-state index is 0.0165. The molecule has 0 fully saturated rings. The number of thiophene rings is 1. The first-order valence-electron chi connectivity index (χ1n) is 8.36. The number of likely N-dealkylation sites (N-methyl/N-ethyl adjacent to an activating group) is 1. The second kappa shape index (κ2) is 6.34. The molecule has 4 nitrogen and oxygen atoms in total. The fourth-order valence-corrected chi connectivity index (χ4v) is 5.59. The molecule has 1 aliphatic heterocycles. The highest BCUT2D eigenvalue weighted by Crippen LogP contribution is 2.32. The van der Waals surface area contributed by atoms with Crippen LogP contribution in [-0.2, 0) is 25.8 Å². The van der Waals surface area contributed by atoms with Gasteiger partial charge in [-0.05, 0) is 37.8 Å². The van der Waals surface area contributed by atoms with Gasteiger partial charge in [-0.1, -0.05) is 6.92 Å². The van der Waals surface area contributed by atoms with E-state index in [0.717, 1.165) is 49.6 Å². The van der Waals surface area contributed by atoms with Gasteiger partial charge in [0.25, 0.3) is 5.91 Å². The van der Waals surface area contributed by atoms with Crippen LogP contribution in [0.1, 0.15) is 51.1 Å². The zero-order chi connectivity index (χ0) is 15.8. The van der Waals surface area contributed by atoms with Crippen molar-refractivity contribution in [2.75, 3.05) is 18.4 Å². The molecule has 2 aliphatic rings. The zero-order valence-corrected chi connectivity index (χ0v) is 15.0. The maximum atomic E-state index is 12.6. The Hall–Kier alpha value is -1.24. The van der Waals surface area contributed by atoms with E-state index in [1.807, 2.05) is 5.38 Å². The Morgan fingerprint density at radius 2 is 2.17 bits per heavy atom. The summed E-state index contributed by atoms with van der Waals surface area (Å²) in [5.41, 5.74) is 3.31. The standard InChI is InChI=1S/C17H21N3OS2/c1-2-20-8-7-13-15(9-20)23-17(18-13)19-16(21)12-10-22-14-6-4-3-5-11(12)14/h10H,2-9H2,1H3,(H,18,19,21). The minimum atomic E-state index is 0.0165. The Morgan fingerprint density at radius 1 is 1.30 bits per heavy atom. The number of carbonyl (C=O) groups excluding carboxylic acids is 1. The lowest BCUT2D eigenvalue weighted by molar-refractivity contribution is 0.102. The molecule has 0 saturated carbocycles. The monoisotopic (exact) mass is 347 g/mol. The fourth-order valence-electron chi connectivity index (χ4n) is 3.42. The lowest BCUT2D eigenvalue weighted by atomic mass is 9.96. The molecular weight excluding hydrogens is 326 g/mol. The van der Waals surface area contributed by atoms with Crippen molar-refractivity contribution in [1.82, 2.24) is 9.88 Å². The second-order valence-electron chi connectivity index (χ2n) is 6.22. The molecule has 23 heavy (non-hydrogen) atoms. The highest BCUT2D eigenvalue weighted by atomic mass is 32.1. The predicted molar refractivity (Wildman–Crippen MR) is 95.7 cm³/mol. The lowest BCUT2D eigenvalue weighted by Crippen LogP contribution is -2.29. The third-order valence-electron chi connectivity index (χ3n) is 4.78. The number of thiazole rings is 1. The molecule has 1 aliphatic carbocycles. The summed E-state index contributed by atoms with van der Waals surface area (Å²) < 4.78 is 0. The average molecular weight is 348 g/mol. The van der Waals surface area contributed by atoms with E-state index in [9.17, 15) is 4.79 Å². The van der Waals surface area contributed by atoms with Crippen molar-refractivity contribution in [3.8, 4) is 0 Å². The lowest BCUT2D eigenvalue weighted by Gasteiger charge is -2.23. The minimum Gasteiger partial charge on any atom is -0.298 e. The predicted octanol–water partition coefficient (Wildman–Crippen LogP) is 3.71. The van der Waals surface area contributed by atoms with Crippen LogP contribution in [0.3, 0.4) is 0 Å². The summed E-state index contributed by atoms with van der Waals surface area (Å²) in [4.78, 5) is 22.4. The molecule has 6 heteroatoms. The van der Waals surface area contributed by atoms with E-state index < -0.39 is 0 Å². The largest absolute Gasteiger partial charge is 0.298 e. The molecule has 3 heterocycles. The Morgan fingerprint density at radius 3 is 3.04 bits per heavy atom. The first-order chi connectivity index (χ1) is 11.2. The van der Waals surface area contributed by atoms with Gasteiger partial charge in [-0.15, -0.1) is 22.7 Å². The number of nitrogens with one attached hydrogen (secondary N) is 1. The molecule has 0 radical (unpaired) electrons. The molecule has 2 aromatic heterocycles. The topological polar surface area (TPSA) is 45.2 Å². The molecule has 4 rings (SSSR count). The van der Waals surface area contributed by atoms with Gasteiger partial charge in [0, 0.05) is 34.6 Å². The van der Waals surface area contributed by atoms with Crippen LogP contribution in [0.2, 0.25) is 0 Å². The van der Waals surface area contributed by atoms with Crippen LogP contribution >= 0.6 is 22.7 Å². The summed E-state index contributed by atoms with van der Waals surface area (Å²) in [5.74, 6) is 0.0165. The van der Waals surface area contributed by atoms with E-state index in [1.165, 1.54) is 33.9 Å². The van der Waals surface area contributed by atoms with Crippen LogP contribution in [0.4, 0.5) is 5.13 Å². The van der Waals surface area contributed by atoms with Crippen LogP contribution in [0.15, 0.2) is 5.38 Å². The van der Waals surface area contributed by atoms with Crippen molar-refractivity contribution in [2.45, 2.75) is 45.6 Å². The maximum absolute atomic E-state index is 12.6. The normalized spacial score (nSPS) is 17.6. The van der Waals surface area contributed by atoms with Gasteiger partial charge in [0.1, 0.15) is 0 Å². The zero-order valence-electron chi connectivity index (χ0n) is 13.4. The number of hydrogen-bond donors (Lipinski definition) is 1. The Balaban J connectivity index is 1.51. The first kappa shape index (κ1) is 15.3. The van der Waals surface area contributed by atoms with E-state index >= 15 is 0 Å². The molecule has 1 amide bonds. The van der Waals surface area contributed by atoms with E-state index in [-0.39, 0.29) is 5.91 Å². The van der Waals surface area contributed by atoms with Crippen molar-refractivity contribution >= 4 is 33.7 Å². The van der Waals surface area contributed by atoms with Gasteiger partial charge in [-0.3, -0.25) is 15.0 Å². The molecule has 122 valence electrons. The summed E-state index contributed by atoms with van der Waals surface area (Å²) in [5, 5.41) is 5.82. The van der Waals surface area contributed by atoms with Crippen molar-refractivity contribution in [2.24, 2.45) is 0 Å². The van der Waals surface area contributed by atoms with Crippen LogP contribution in [-0.4, -0.2) is 28.9 Å². The van der Waals surface area contributed by atoms with Crippen molar-refractivity contribution in [1.29, 1.82) is 0 Å². The maximum Gasteiger partial charge on any atom is 0.258 e. The Bertz CT molecular complexity index is 734. The number of aromatic nitrogens is 1. The molecule has 1 N–H and O–H groups in total. The van der Waals surface area contributed by atoms with Crippen LogP contribution in [0, 0.1) is 0 Å². The van der Waals surface area contributed by atoms with E-state index in [1.54, 1.807) is 22.7 Å². The number of fused-ring (bicyclic) bond motifs is 2. The van der Waals surface area contributed by atoms with Crippen molar-refractivity contribution < 1.29 is 4.79 Å². The quantitative estimate of drug-likeness (QED) is 0.920. The highest BCUT2D eigenvalue weighted by Gasteiger charge is 2.23. The number of aryl methyl sites for hydroxylation is 1. The van der Waals surface area contributed by atoms with Gasteiger partial charge in [0.15, 0.2) is 5.13 Å². The van der Waals surface area contributed by atoms with Gasteiger partial charge in [-0.25, -0.2) is 4.98 Å². The summed E-state index contributed by atoms with van der Waals surface area (Å²) in [7, 11) is 0. The molecule has 0 saturated heterocycles. The molecule has 0 spiro atoms. The molecule has 0 bridgehead atoms. The Labute approximate surface area is 144 Å². The molecular formula is C17H21N3OS2. The summed E-state index contributed by atoms with van der Waals surface area (Å²) >= 11 is 3.37. The second-order valence-corrected chi connectivity index (χ2v) is 8.27. The van der Waals surface area contributed by atoms with E-state index in [0.29, 0.717) is 0 Å². The number of hydrogen-bond acceptors (Lipinski definition) is 5. The number of amides is 1. The van der Waals surface area contributed by atoms with Crippen LogP contribution in [0.25, 0.3) is 0 Å². The molecule has 0 aromatic carbocycles. The third kappa shape index (κ3) is 2.95. The van der Waals surface area contributed by atoms with E-state index in [2.05, 4.69) is 22.1 Å². The van der Waals surface area contributed by atoms with Gasteiger partial charge in [0.2, 0.25) is 0 Å². The molecule has 2 aromatic rings. The summed E-state index contributed by atoms with van der Waals surface area (Å²) in [6.45, 7) is 5.29. The van der Waals surface area contributed by atoms with Gasteiger partial charge in [0.05, 0.1) is 11.3 Å². The third-order valence-corrected chi connectivity index (χ3v) is 6.87. The number of carbonyl (C=O) groups is 1. The molecule has 0 atom stereocenters. The van der Waals surface area contributed by atoms with E-state index in [4.69, 9.17) is 0 Å². The molecule has 0 unspecified atom stereocenters.